The molecule has 0 saturated carbocycles. The smallest absolute Gasteiger partial charge is 0.322 e. The molecule has 0 radical (unpaired) electrons. The lowest BCUT2D eigenvalue weighted by Crippen LogP contribution is -2.51. The van der Waals surface area contributed by atoms with E-state index in [1.54, 1.807) is 19.2 Å². The summed E-state index contributed by atoms with van der Waals surface area (Å²) in [5.41, 5.74) is 2.94. The summed E-state index contributed by atoms with van der Waals surface area (Å²) in [4.78, 5) is 46.1. The number of piperazine rings is 1. The second kappa shape index (κ2) is 10.1. The summed E-state index contributed by atoms with van der Waals surface area (Å²) in [5.74, 6) is -0.760. The van der Waals surface area contributed by atoms with Crippen LogP contribution in [0.25, 0.3) is 0 Å². The van der Waals surface area contributed by atoms with Crippen molar-refractivity contribution in [2.45, 2.75) is 12.5 Å². The fraction of sp³-hybridized carbons (Fsp3) is 0.370. The number of amides is 4. The minimum Gasteiger partial charge on any atom is -0.339 e. The lowest BCUT2D eigenvalue weighted by atomic mass is 9.96. The van der Waals surface area contributed by atoms with E-state index < -0.39 is 11.9 Å². The quantitative estimate of drug-likeness (QED) is 0.671. The highest BCUT2D eigenvalue weighted by Crippen LogP contribution is 2.35. The van der Waals surface area contributed by atoms with Gasteiger partial charge in [0.2, 0.25) is 5.91 Å². The Labute approximate surface area is 209 Å². The average molecular weight is 492 g/mol. The molecule has 8 nitrogen and oxygen atoms in total. The number of benzene rings is 2. The maximum atomic E-state index is 13.4. The Kier molecular flexibility index (Phi) is 6.73. The molecular formula is C27H30FN5O3. The van der Waals surface area contributed by atoms with Crippen LogP contribution < -0.4 is 5.32 Å². The van der Waals surface area contributed by atoms with Crippen molar-refractivity contribution in [1.82, 2.24) is 24.9 Å². The number of urea groups is 1. The monoisotopic (exact) mass is 491 g/mol. The van der Waals surface area contributed by atoms with Gasteiger partial charge in [-0.15, -0.1) is 0 Å². The van der Waals surface area contributed by atoms with Crippen molar-refractivity contribution < 1.29 is 18.8 Å². The molecule has 0 aromatic heterocycles. The number of nitrogens with one attached hydrogen (secondary N) is 1. The standard InChI is InChI=1S/C27H30FN5O3/c1-30-22-17-33(26(35)24(22)25(29-27(30)36)20-7-9-21(28)10-8-20)18-23(34)32-15-13-31(14-16-32)12-11-19-5-3-2-4-6-19/h2-10,25H,11-18H2,1H3,(H,29,36)/t25-/m1/s1. The fourth-order valence-corrected chi connectivity index (χ4v) is 5.07. The van der Waals surface area contributed by atoms with Gasteiger partial charge in [0, 0.05) is 39.8 Å². The Balaban J connectivity index is 1.19. The van der Waals surface area contributed by atoms with Gasteiger partial charge in [-0.1, -0.05) is 42.5 Å². The van der Waals surface area contributed by atoms with Gasteiger partial charge >= 0.3 is 6.03 Å². The van der Waals surface area contributed by atoms with Crippen LogP contribution in [0.4, 0.5) is 9.18 Å². The zero-order chi connectivity index (χ0) is 25.2. The molecule has 0 unspecified atom stereocenters. The van der Waals surface area contributed by atoms with Crippen LogP contribution in [-0.2, 0) is 16.0 Å². The Morgan fingerprint density at radius 2 is 1.69 bits per heavy atom. The predicted octanol–water partition coefficient (Wildman–Crippen LogP) is 2.00. The van der Waals surface area contributed by atoms with E-state index in [0.29, 0.717) is 29.9 Å². The van der Waals surface area contributed by atoms with Crippen molar-refractivity contribution in [2.24, 2.45) is 0 Å². The number of rotatable bonds is 6. The van der Waals surface area contributed by atoms with E-state index in [9.17, 15) is 18.8 Å². The van der Waals surface area contributed by atoms with Crippen molar-refractivity contribution in [3.8, 4) is 0 Å². The predicted molar refractivity (Wildman–Crippen MR) is 132 cm³/mol. The van der Waals surface area contributed by atoms with Gasteiger partial charge in [-0.2, -0.15) is 0 Å². The number of nitrogens with zero attached hydrogens (tertiary/aromatic N) is 4. The van der Waals surface area contributed by atoms with Crippen molar-refractivity contribution in [3.05, 3.63) is 82.8 Å². The van der Waals surface area contributed by atoms with E-state index >= 15 is 0 Å². The zero-order valence-electron chi connectivity index (χ0n) is 20.3. The van der Waals surface area contributed by atoms with Crippen LogP contribution in [0.3, 0.4) is 0 Å². The summed E-state index contributed by atoms with van der Waals surface area (Å²) in [5, 5.41) is 2.83. The number of hydrogen-bond donors (Lipinski definition) is 1. The highest BCUT2D eigenvalue weighted by Gasteiger charge is 2.43. The summed E-state index contributed by atoms with van der Waals surface area (Å²) in [6.07, 6.45) is 0.976. The topological polar surface area (TPSA) is 76.2 Å². The molecule has 3 heterocycles. The van der Waals surface area contributed by atoms with Gasteiger partial charge in [-0.05, 0) is 29.7 Å². The number of likely N-dealkylation sites (N-methyl/N-ethyl adjacent to an activating group) is 1. The molecule has 0 spiro atoms. The van der Waals surface area contributed by atoms with Crippen LogP contribution in [0, 0.1) is 5.82 Å². The number of halogens is 1. The molecule has 1 saturated heterocycles. The molecule has 1 N–H and O–H groups in total. The van der Waals surface area contributed by atoms with Gasteiger partial charge in [0.25, 0.3) is 5.91 Å². The first-order chi connectivity index (χ1) is 17.4. The first kappa shape index (κ1) is 24.0. The second-order valence-corrected chi connectivity index (χ2v) is 9.47. The van der Waals surface area contributed by atoms with Gasteiger partial charge in [0.05, 0.1) is 23.9 Å². The molecule has 2 aromatic carbocycles. The van der Waals surface area contributed by atoms with Crippen LogP contribution in [0.5, 0.6) is 0 Å². The first-order valence-corrected chi connectivity index (χ1v) is 12.3. The Morgan fingerprint density at radius 1 is 1.00 bits per heavy atom. The van der Waals surface area contributed by atoms with Crippen LogP contribution in [0.1, 0.15) is 17.2 Å². The molecule has 0 bridgehead atoms. The molecule has 36 heavy (non-hydrogen) atoms. The van der Waals surface area contributed by atoms with Crippen molar-refractivity contribution in [2.75, 3.05) is 52.9 Å². The zero-order valence-corrected chi connectivity index (χ0v) is 20.3. The summed E-state index contributed by atoms with van der Waals surface area (Å²) in [6, 6.07) is 15.1. The fourth-order valence-electron chi connectivity index (χ4n) is 5.07. The molecular weight excluding hydrogens is 461 g/mol. The molecule has 3 aliphatic rings. The van der Waals surface area contributed by atoms with E-state index in [4.69, 9.17) is 0 Å². The second-order valence-electron chi connectivity index (χ2n) is 9.47. The first-order valence-electron chi connectivity index (χ1n) is 12.3. The van der Waals surface area contributed by atoms with Gasteiger partial charge in [-0.25, -0.2) is 9.18 Å². The molecule has 9 heteroatoms. The van der Waals surface area contributed by atoms with Crippen LogP contribution in [0.15, 0.2) is 65.9 Å². The minimum absolute atomic E-state index is 0.0337. The molecule has 2 aromatic rings. The summed E-state index contributed by atoms with van der Waals surface area (Å²) < 4.78 is 13.4. The maximum Gasteiger partial charge on any atom is 0.322 e. The molecule has 3 aliphatic heterocycles. The van der Waals surface area contributed by atoms with Gasteiger partial charge in [-0.3, -0.25) is 19.4 Å². The summed E-state index contributed by atoms with van der Waals surface area (Å²) in [6.45, 7) is 3.96. The highest BCUT2D eigenvalue weighted by atomic mass is 19.1. The Hall–Kier alpha value is -3.72. The van der Waals surface area contributed by atoms with E-state index in [1.165, 1.54) is 27.5 Å². The molecule has 5 rings (SSSR count). The SMILES string of the molecule is CN1C(=O)N[C@H](c2ccc(F)cc2)C2=C1CN(CC(=O)N1CCN(CCc3ccccc3)CC1)C2=O. The molecule has 4 amide bonds. The summed E-state index contributed by atoms with van der Waals surface area (Å²) in [7, 11) is 1.61. The lowest BCUT2D eigenvalue weighted by molar-refractivity contribution is -0.138. The molecule has 0 aliphatic carbocycles. The van der Waals surface area contributed by atoms with Crippen molar-refractivity contribution in [1.29, 1.82) is 0 Å². The molecule has 1 atom stereocenters. The van der Waals surface area contributed by atoms with E-state index in [0.717, 1.165) is 26.1 Å². The van der Waals surface area contributed by atoms with Crippen LogP contribution in [-0.4, -0.2) is 90.3 Å². The van der Waals surface area contributed by atoms with E-state index in [2.05, 4.69) is 22.3 Å². The normalized spacial score (nSPS) is 20.6. The minimum atomic E-state index is -0.676. The highest BCUT2D eigenvalue weighted by molar-refractivity contribution is 6.02. The van der Waals surface area contributed by atoms with Crippen LogP contribution in [0.2, 0.25) is 0 Å². The van der Waals surface area contributed by atoms with Crippen molar-refractivity contribution >= 4 is 17.8 Å². The van der Waals surface area contributed by atoms with Gasteiger partial charge in [0.1, 0.15) is 12.4 Å². The Bertz CT molecular complexity index is 1180. The number of hydrogen-bond acceptors (Lipinski definition) is 4. The summed E-state index contributed by atoms with van der Waals surface area (Å²) >= 11 is 0. The van der Waals surface area contributed by atoms with E-state index in [-0.39, 0.29) is 30.9 Å². The lowest BCUT2D eigenvalue weighted by Gasteiger charge is -2.35. The molecule has 188 valence electrons. The number of carbonyl (C=O) groups excluding carboxylic acids is 3. The molecule has 1 fully saturated rings. The largest absolute Gasteiger partial charge is 0.339 e. The van der Waals surface area contributed by atoms with Gasteiger partial charge < -0.3 is 15.1 Å². The van der Waals surface area contributed by atoms with Gasteiger partial charge in [0.15, 0.2) is 0 Å². The third-order valence-electron chi connectivity index (χ3n) is 7.25. The van der Waals surface area contributed by atoms with Crippen molar-refractivity contribution in [3.63, 3.8) is 0 Å². The average Bonchev–Trinajstić information content (AvgIpc) is 3.22. The number of carbonyl (C=O) groups is 3. The third-order valence-corrected chi connectivity index (χ3v) is 7.25. The van der Waals surface area contributed by atoms with E-state index in [1.807, 2.05) is 23.1 Å². The Morgan fingerprint density at radius 3 is 2.39 bits per heavy atom. The third kappa shape index (κ3) is 4.83. The maximum absolute atomic E-state index is 13.4. The van der Waals surface area contributed by atoms with Crippen LogP contribution >= 0.6 is 0 Å².